The third-order valence-electron chi connectivity index (χ3n) is 6.05. The highest BCUT2D eigenvalue weighted by molar-refractivity contribution is 5.05. The molecule has 4 saturated heterocycles. The monoisotopic (exact) mass is 342 g/mol. The number of piperazine rings is 2. The van der Waals surface area contributed by atoms with E-state index in [-0.39, 0.29) is 37.2 Å². The van der Waals surface area contributed by atoms with Gasteiger partial charge in [-0.1, -0.05) is 0 Å². The molecule has 4 fully saturated rings. The first kappa shape index (κ1) is 17.1. The zero-order valence-electron chi connectivity index (χ0n) is 15.1. The molecular weight excluding hydrogens is 312 g/mol. The Morgan fingerprint density at radius 2 is 0.750 bits per heavy atom. The first-order chi connectivity index (χ1) is 11.8. The van der Waals surface area contributed by atoms with E-state index in [1.54, 1.807) is 28.4 Å². The minimum Gasteiger partial charge on any atom is -0.362 e. The van der Waals surface area contributed by atoms with Gasteiger partial charge in [0.05, 0.1) is 12.3 Å². The van der Waals surface area contributed by atoms with Crippen molar-refractivity contribution in [3.05, 3.63) is 0 Å². The van der Waals surface area contributed by atoms with Crippen LogP contribution in [-0.2, 0) is 18.9 Å². The van der Waals surface area contributed by atoms with E-state index in [0.717, 1.165) is 39.0 Å². The Bertz CT molecular complexity index is 380. The van der Waals surface area contributed by atoms with Crippen molar-refractivity contribution in [2.24, 2.45) is 0 Å². The van der Waals surface area contributed by atoms with E-state index in [1.165, 1.54) is 0 Å². The fourth-order valence-electron chi connectivity index (χ4n) is 5.24. The van der Waals surface area contributed by atoms with Gasteiger partial charge in [-0.15, -0.1) is 0 Å². The smallest absolute Gasteiger partial charge is 0.151 e. The molecule has 4 aliphatic rings. The maximum atomic E-state index is 5.88. The molecule has 0 radical (unpaired) electrons. The van der Waals surface area contributed by atoms with Gasteiger partial charge in [0.25, 0.3) is 0 Å². The van der Waals surface area contributed by atoms with Crippen LogP contribution in [0.25, 0.3) is 0 Å². The molecule has 0 aromatic rings. The van der Waals surface area contributed by atoms with Gasteiger partial charge < -0.3 is 18.9 Å². The molecule has 4 heterocycles. The molecule has 24 heavy (non-hydrogen) atoms. The maximum Gasteiger partial charge on any atom is 0.151 e. The molecule has 0 aliphatic carbocycles. The Balaban J connectivity index is 1.77. The highest BCUT2D eigenvalue weighted by Gasteiger charge is 2.60. The number of hydrogen-bond acceptors (Lipinski definition) is 8. The van der Waals surface area contributed by atoms with Gasteiger partial charge in [-0.2, -0.15) is 0 Å². The Labute approximate surface area is 144 Å². The van der Waals surface area contributed by atoms with Crippen molar-refractivity contribution in [1.82, 2.24) is 19.6 Å². The second-order valence-electron chi connectivity index (χ2n) is 6.99. The van der Waals surface area contributed by atoms with Crippen LogP contribution in [0.3, 0.4) is 0 Å². The lowest BCUT2D eigenvalue weighted by Gasteiger charge is -2.67. The first-order valence-corrected chi connectivity index (χ1v) is 8.91. The lowest BCUT2D eigenvalue weighted by Crippen LogP contribution is -2.85. The highest BCUT2D eigenvalue weighted by atomic mass is 16.6. The Kier molecular flexibility index (Phi) is 4.83. The average molecular weight is 342 g/mol. The van der Waals surface area contributed by atoms with Crippen LogP contribution >= 0.6 is 0 Å². The quantitative estimate of drug-likeness (QED) is 0.682. The van der Waals surface area contributed by atoms with Crippen molar-refractivity contribution in [3.8, 4) is 0 Å². The van der Waals surface area contributed by atoms with E-state index in [9.17, 15) is 0 Å². The molecule has 0 amide bonds. The predicted molar refractivity (Wildman–Crippen MR) is 86.8 cm³/mol. The molecule has 0 N–H and O–H groups in total. The lowest BCUT2D eigenvalue weighted by molar-refractivity contribution is -0.360. The van der Waals surface area contributed by atoms with E-state index in [1.807, 2.05) is 0 Å². The summed E-state index contributed by atoms with van der Waals surface area (Å²) in [5.74, 6) is 0. The summed E-state index contributed by atoms with van der Waals surface area (Å²) in [5.41, 5.74) is 0. The number of rotatable bonds is 4. The molecule has 2 unspecified atom stereocenters. The van der Waals surface area contributed by atoms with E-state index >= 15 is 0 Å². The van der Waals surface area contributed by atoms with E-state index in [2.05, 4.69) is 19.6 Å². The normalized spacial score (nSPS) is 44.5. The molecule has 0 spiro atoms. The van der Waals surface area contributed by atoms with Gasteiger partial charge in [-0.05, 0) is 12.8 Å². The van der Waals surface area contributed by atoms with Crippen molar-refractivity contribution in [2.75, 3.05) is 54.6 Å². The van der Waals surface area contributed by atoms with E-state index in [0.29, 0.717) is 0 Å². The minimum atomic E-state index is -0.0596. The molecule has 138 valence electrons. The lowest BCUT2D eigenvalue weighted by atomic mass is 9.97. The summed E-state index contributed by atoms with van der Waals surface area (Å²) in [6.07, 6.45) is 2.43. The van der Waals surface area contributed by atoms with Crippen molar-refractivity contribution >= 4 is 0 Å². The van der Waals surface area contributed by atoms with Crippen molar-refractivity contribution < 1.29 is 18.9 Å². The molecule has 8 heteroatoms. The van der Waals surface area contributed by atoms with Gasteiger partial charge >= 0.3 is 0 Å². The average Bonchev–Trinajstić information content (AvgIpc) is 2.64. The van der Waals surface area contributed by atoms with Gasteiger partial charge in [0.2, 0.25) is 0 Å². The molecule has 0 aromatic heterocycles. The molecule has 4 rings (SSSR count). The Hall–Kier alpha value is -0.320. The second-order valence-corrected chi connectivity index (χ2v) is 6.99. The number of ether oxygens (including phenoxy) is 4. The molecule has 0 saturated carbocycles. The topological polar surface area (TPSA) is 49.9 Å². The standard InChI is InChI=1S/C16H30N4O4/c1-21-13-14(22-2)18-8-6-10-20-12(18)11-17(13)7-5-9-19(11)15(23-3)16(20)24-4/h11-16H,5-10H2,1-4H3/t11?,12?,13-,14-,15+,16+. The van der Waals surface area contributed by atoms with E-state index in [4.69, 9.17) is 18.9 Å². The largest absolute Gasteiger partial charge is 0.362 e. The summed E-state index contributed by atoms with van der Waals surface area (Å²) in [5, 5.41) is 0. The Morgan fingerprint density at radius 1 is 0.500 bits per heavy atom. The predicted octanol–water partition coefficient (Wildman–Crippen LogP) is -0.429. The highest BCUT2D eigenvalue weighted by Crippen LogP contribution is 2.42. The van der Waals surface area contributed by atoms with Crippen LogP contribution in [-0.4, -0.2) is 111 Å². The molecule has 4 aliphatic heterocycles. The van der Waals surface area contributed by atoms with Crippen LogP contribution in [0.5, 0.6) is 0 Å². The van der Waals surface area contributed by atoms with Crippen LogP contribution in [0, 0.1) is 0 Å². The first-order valence-electron chi connectivity index (χ1n) is 8.91. The van der Waals surface area contributed by atoms with Crippen molar-refractivity contribution in [1.29, 1.82) is 0 Å². The molecule has 0 bridgehead atoms. The maximum absolute atomic E-state index is 5.88. The zero-order valence-corrected chi connectivity index (χ0v) is 15.1. The summed E-state index contributed by atoms with van der Waals surface area (Å²) in [4.78, 5) is 9.81. The van der Waals surface area contributed by atoms with Crippen molar-refractivity contribution in [3.63, 3.8) is 0 Å². The zero-order chi connectivity index (χ0) is 16.8. The summed E-state index contributed by atoms with van der Waals surface area (Å²) in [6.45, 7) is 4.08. The Morgan fingerprint density at radius 3 is 0.958 bits per heavy atom. The van der Waals surface area contributed by atoms with Crippen LogP contribution < -0.4 is 0 Å². The molecular formula is C16H30N4O4. The van der Waals surface area contributed by atoms with Gasteiger partial charge in [0, 0.05) is 54.6 Å². The summed E-state index contributed by atoms with van der Waals surface area (Å²) >= 11 is 0. The summed E-state index contributed by atoms with van der Waals surface area (Å²) in [7, 11) is 7.14. The molecule has 0 aromatic carbocycles. The van der Waals surface area contributed by atoms with Crippen molar-refractivity contribution in [2.45, 2.75) is 50.1 Å². The van der Waals surface area contributed by atoms with E-state index < -0.39 is 0 Å². The molecule has 6 atom stereocenters. The fourth-order valence-corrected chi connectivity index (χ4v) is 5.24. The fraction of sp³-hybridized carbons (Fsp3) is 1.00. The summed E-state index contributed by atoms with van der Waals surface area (Å²) < 4.78 is 23.5. The van der Waals surface area contributed by atoms with Crippen LogP contribution in [0.2, 0.25) is 0 Å². The van der Waals surface area contributed by atoms with Gasteiger partial charge in [0.15, 0.2) is 24.9 Å². The summed E-state index contributed by atoms with van der Waals surface area (Å²) in [6, 6.07) is 0. The number of methoxy groups -OCH3 is 4. The van der Waals surface area contributed by atoms with Crippen LogP contribution in [0.15, 0.2) is 0 Å². The van der Waals surface area contributed by atoms with Gasteiger partial charge in [-0.3, -0.25) is 19.6 Å². The number of hydrogen-bond donors (Lipinski definition) is 0. The second kappa shape index (κ2) is 6.77. The minimum absolute atomic E-state index is 0.0596. The van der Waals surface area contributed by atoms with Gasteiger partial charge in [-0.25, -0.2) is 0 Å². The van der Waals surface area contributed by atoms with Crippen LogP contribution in [0.4, 0.5) is 0 Å². The van der Waals surface area contributed by atoms with Gasteiger partial charge in [0.1, 0.15) is 0 Å². The van der Waals surface area contributed by atoms with Crippen LogP contribution in [0.1, 0.15) is 12.8 Å². The SMILES string of the molecule is CO[C@@H]1[C@@H](OC)N2CCCN3C2C2N1CCCN2[C@@H](OC)[C@@H]3OC. The third-order valence-corrected chi connectivity index (χ3v) is 6.05. The molecule has 8 nitrogen and oxygen atoms in total. The third kappa shape index (κ3) is 2.29. The number of nitrogens with zero attached hydrogens (tertiary/aromatic N) is 4.